The topological polar surface area (TPSA) is 62.9 Å². The van der Waals surface area contributed by atoms with Gasteiger partial charge in [-0.25, -0.2) is 0 Å². The van der Waals surface area contributed by atoms with E-state index in [2.05, 4.69) is 0 Å². The van der Waals surface area contributed by atoms with Gasteiger partial charge in [-0.15, -0.1) is 0 Å². The molecule has 0 amide bonds. The number of ether oxygens (including phenoxy) is 4. The van der Waals surface area contributed by atoms with E-state index in [1.807, 2.05) is 25.1 Å². The van der Waals surface area contributed by atoms with Crippen LogP contribution < -0.4 is 10.5 Å². The molecule has 0 atom stereocenters. The Morgan fingerprint density at radius 2 is 1.67 bits per heavy atom. The maximum atomic E-state index is 5.72. The van der Waals surface area contributed by atoms with E-state index in [4.69, 9.17) is 36.9 Å². The van der Waals surface area contributed by atoms with E-state index in [9.17, 15) is 0 Å². The molecule has 0 bridgehead atoms. The second-order valence-electron chi connectivity index (χ2n) is 4.38. The molecule has 1 aromatic carbocycles. The van der Waals surface area contributed by atoms with Crippen LogP contribution in [0.1, 0.15) is 11.1 Å². The molecule has 0 radical (unpaired) electrons. The highest BCUT2D eigenvalue weighted by molar-refractivity contribution is 7.80. The van der Waals surface area contributed by atoms with E-state index in [1.54, 1.807) is 7.11 Å². The summed E-state index contributed by atoms with van der Waals surface area (Å²) in [7, 11) is 1.64. The van der Waals surface area contributed by atoms with Crippen LogP contribution in [0.4, 0.5) is 0 Å². The number of rotatable bonds is 11. The van der Waals surface area contributed by atoms with Gasteiger partial charge in [-0.1, -0.05) is 24.4 Å². The first-order chi connectivity index (χ1) is 10.2. The minimum Gasteiger partial charge on any atom is -0.490 e. The molecule has 21 heavy (non-hydrogen) atoms. The normalized spacial score (nSPS) is 10.6. The van der Waals surface area contributed by atoms with Gasteiger partial charge in [-0.3, -0.25) is 0 Å². The minimum atomic E-state index is 0.334. The third-order valence-electron chi connectivity index (χ3n) is 2.76. The molecule has 0 saturated carbocycles. The number of aryl methyl sites for hydroxylation is 1. The third kappa shape index (κ3) is 6.86. The largest absolute Gasteiger partial charge is 0.490 e. The molecule has 0 aromatic heterocycles. The van der Waals surface area contributed by atoms with Crippen molar-refractivity contribution in [3.05, 3.63) is 29.3 Å². The van der Waals surface area contributed by atoms with Crippen LogP contribution in [0, 0.1) is 6.92 Å². The Kier molecular flexibility index (Phi) is 8.93. The summed E-state index contributed by atoms with van der Waals surface area (Å²) in [5, 5.41) is 0. The quantitative estimate of drug-likeness (QED) is 0.495. The molecule has 1 aromatic rings. The van der Waals surface area contributed by atoms with Crippen LogP contribution in [-0.4, -0.2) is 51.7 Å². The molecule has 0 aliphatic carbocycles. The van der Waals surface area contributed by atoms with Crippen LogP contribution in [-0.2, 0) is 14.2 Å². The summed E-state index contributed by atoms with van der Waals surface area (Å²) in [4.78, 5) is 0.334. The Morgan fingerprint density at radius 3 is 2.29 bits per heavy atom. The molecule has 0 aliphatic rings. The SMILES string of the molecule is COCCOCCOCCOc1c(C)cccc1C(N)=S. The van der Waals surface area contributed by atoms with E-state index in [-0.39, 0.29) is 0 Å². The molecular weight excluding hydrogens is 290 g/mol. The zero-order valence-electron chi connectivity index (χ0n) is 12.6. The molecule has 0 heterocycles. The molecule has 5 nitrogen and oxygen atoms in total. The van der Waals surface area contributed by atoms with Crippen molar-refractivity contribution < 1.29 is 18.9 Å². The van der Waals surface area contributed by atoms with Crippen molar-refractivity contribution in [3.8, 4) is 5.75 Å². The highest BCUT2D eigenvalue weighted by Crippen LogP contribution is 2.23. The van der Waals surface area contributed by atoms with Gasteiger partial charge < -0.3 is 24.7 Å². The lowest BCUT2D eigenvalue weighted by atomic mass is 10.1. The van der Waals surface area contributed by atoms with Crippen LogP contribution in [0.2, 0.25) is 0 Å². The Labute approximate surface area is 131 Å². The Balaban J connectivity index is 2.23. The Bertz CT molecular complexity index is 440. The van der Waals surface area contributed by atoms with Gasteiger partial charge in [0, 0.05) is 7.11 Å². The van der Waals surface area contributed by atoms with E-state index < -0.39 is 0 Å². The van der Waals surface area contributed by atoms with Crippen molar-refractivity contribution >= 4 is 17.2 Å². The Hall–Kier alpha value is -1.21. The van der Waals surface area contributed by atoms with Crippen LogP contribution in [0.15, 0.2) is 18.2 Å². The van der Waals surface area contributed by atoms with Gasteiger partial charge in [0.05, 0.1) is 38.6 Å². The number of methoxy groups -OCH3 is 1. The molecule has 0 aliphatic heterocycles. The van der Waals surface area contributed by atoms with E-state index in [0.717, 1.165) is 16.9 Å². The molecule has 2 N–H and O–H groups in total. The zero-order chi connectivity index (χ0) is 15.5. The van der Waals surface area contributed by atoms with Crippen molar-refractivity contribution in [1.82, 2.24) is 0 Å². The van der Waals surface area contributed by atoms with Gasteiger partial charge in [-0.05, 0) is 18.6 Å². The van der Waals surface area contributed by atoms with Crippen molar-refractivity contribution in [2.75, 3.05) is 46.8 Å². The van der Waals surface area contributed by atoms with Gasteiger partial charge in [-0.2, -0.15) is 0 Å². The lowest BCUT2D eigenvalue weighted by Gasteiger charge is -2.13. The molecule has 1 rings (SSSR count). The van der Waals surface area contributed by atoms with Crippen LogP contribution in [0.5, 0.6) is 5.75 Å². The summed E-state index contributed by atoms with van der Waals surface area (Å²) in [6.07, 6.45) is 0. The first-order valence-electron chi connectivity index (χ1n) is 6.83. The highest BCUT2D eigenvalue weighted by Gasteiger charge is 2.08. The monoisotopic (exact) mass is 313 g/mol. The van der Waals surface area contributed by atoms with Gasteiger partial charge >= 0.3 is 0 Å². The summed E-state index contributed by atoms with van der Waals surface area (Å²) in [6.45, 7) is 5.14. The molecular formula is C15H23NO4S. The second-order valence-corrected chi connectivity index (χ2v) is 4.82. The van der Waals surface area contributed by atoms with Crippen LogP contribution >= 0.6 is 12.2 Å². The number of hydrogen-bond donors (Lipinski definition) is 1. The smallest absolute Gasteiger partial charge is 0.132 e. The van der Waals surface area contributed by atoms with Crippen molar-refractivity contribution in [3.63, 3.8) is 0 Å². The van der Waals surface area contributed by atoms with Crippen LogP contribution in [0.25, 0.3) is 0 Å². The van der Waals surface area contributed by atoms with Gasteiger partial charge in [0.2, 0.25) is 0 Å². The van der Waals surface area contributed by atoms with E-state index >= 15 is 0 Å². The lowest BCUT2D eigenvalue weighted by molar-refractivity contribution is 0.0179. The molecule has 118 valence electrons. The first kappa shape index (κ1) is 17.8. The fourth-order valence-electron chi connectivity index (χ4n) is 1.70. The Morgan fingerprint density at radius 1 is 1.05 bits per heavy atom. The fourth-order valence-corrected chi connectivity index (χ4v) is 1.87. The summed E-state index contributed by atoms with van der Waals surface area (Å²) in [5.41, 5.74) is 7.45. The lowest BCUT2D eigenvalue weighted by Crippen LogP contribution is -2.15. The number of para-hydroxylation sites is 1. The van der Waals surface area contributed by atoms with E-state index in [1.165, 1.54) is 0 Å². The highest BCUT2D eigenvalue weighted by atomic mass is 32.1. The third-order valence-corrected chi connectivity index (χ3v) is 2.98. The maximum absolute atomic E-state index is 5.72. The predicted molar refractivity (Wildman–Crippen MR) is 86.1 cm³/mol. The maximum Gasteiger partial charge on any atom is 0.132 e. The van der Waals surface area contributed by atoms with Crippen LogP contribution in [0.3, 0.4) is 0 Å². The summed E-state index contributed by atoms with van der Waals surface area (Å²) >= 11 is 5.02. The predicted octanol–water partition coefficient (Wildman–Crippen LogP) is 1.69. The van der Waals surface area contributed by atoms with Crippen molar-refractivity contribution in [2.45, 2.75) is 6.92 Å². The van der Waals surface area contributed by atoms with Crippen molar-refractivity contribution in [2.24, 2.45) is 5.73 Å². The van der Waals surface area contributed by atoms with Gasteiger partial charge in [0.15, 0.2) is 0 Å². The molecule has 0 unspecified atom stereocenters. The number of benzene rings is 1. The molecule has 0 saturated heterocycles. The standard InChI is InChI=1S/C15H23NO4S/c1-12-4-3-5-13(15(16)21)14(12)20-11-10-19-9-8-18-7-6-17-2/h3-5H,6-11H2,1-2H3,(H2,16,21). The summed E-state index contributed by atoms with van der Waals surface area (Å²) in [5.74, 6) is 0.727. The molecule has 0 spiro atoms. The number of thiocarbonyl (C=S) groups is 1. The van der Waals surface area contributed by atoms with Gasteiger partial charge in [0.25, 0.3) is 0 Å². The summed E-state index contributed by atoms with van der Waals surface area (Å²) in [6, 6.07) is 5.72. The van der Waals surface area contributed by atoms with Gasteiger partial charge in [0.1, 0.15) is 17.3 Å². The zero-order valence-corrected chi connectivity index (χ0v) is 13.4. The fraction of sp³-hybridized carbons (Fsp3) is 0.533. The number of hydrogen-bond acceptors (Lipinski definition) is 5. The van der Waals surface area contributed by atoms with E-state index in [0.29, 0.717) is 44.6 Å². The summed E-state index contributed by atoms with van der Waals surface area (Å²) < 4.78 is 21.3. The second kappa shape index (κ2) is 10.5. The molecule has 0 fully saturated rings. The van der Waals surface area contributed by atoms with Crippen molar-refractivity contribution in [1.29, 1.82) is 0 Å². The average molecular weight is 313 g/mol. The molecule has 6 heteroatoms. The minimum absolute atomic E-state index is 0.334. The number of nitrogens with two attached hydrogens (primary N) is 1. The first-order valence-corrected chi connectivity index (χ1v) is 7.24. The average Bonchev–Trinajstić information content (AvgIpc) is 2.46.